The molecule has 2 rings (SSSR count). The topological polar surface area (TPSA) is 75.7 Å². The molecule has 3 N–H and O–H groups in total. The molecule has 2 aromatic rings. The molecule has 18 heavy (non-hydrogen) atoms. The van der Waals surface area contributed by atoms with E-state index in [2.05, 4.69) is 9.97 Å². The highest BCUT2D eigenvalue weighted by molar-refractivity contribution is 5.74. The van der Waals surface area contributed by atoms with Gasteiger partial charge >= 0.3 is 0 Å². The maximum Gasteiger partial charge on any atom is 0.159 e. The number of nitrogens with one attached hydrogen (secondary N) is 1. The monoisotopic (exact) mass is 240 g/mol. The van der Waals surface area contributed by atoms with Crippen molar-refractivity contribution in [3.63, 3.8) is 0 Å². The van der Waals surface area contributed by atoms with E-state index in [9.17, 15) is 0 Å². The van der Waals surface area contributed by atoms with Crippen LogP contribution in [0.4, 0.5) is 0 Å². The molecule has 0 aliphatic rings. The largest absolute Gasteiger partial charge is 0.402 e. The molecule has 0 aliphatic heterocycles. The van der Waals surface area contributed by atoms with Crippen LogP contribution in [-0.2, 0) is 6.42 Å². The Labute approximate surface area is 106 Å². The second-order valence-corrected chi connectivity index (χ2v) is 4.11. The SMILES string of the molecule is N=CC=C(N)CCCc1ccc2cccnc2n1. The Balaban J connectivity index is 2.00. The zero-order valence-corrected chi connectivity index (χ0v) is 10.1. The fraction of sp³-hybridized carbons (Fsp3) is 0.214. The number of fused-ring (bicyclic) bond motifs is 1. The van der Waals surface area contributed by atoms with Gasteiger partial charge in [0.2, 0.25) is 0 Å². The molecule has 2 aromatic heterocycles. The van der Waals surface area contributed by atoms with E-state index in [1.165, 1.54) is 6.21 Å². The van der Waals surface area contributed by atoms with Crippen LogP contribution in [0.3, 0.4) is 0 Å². The summed E-state index contributed by atoms with van der Waals surface area (Å²) in [4.78, 5) is 8.74. The van der Waals surface area contributed by atoms with Crippen LogP contribution >= 0.6 is 0 Å². The van der Waals surface area contributed by atoms with E-state index in [1.54, 1.807) is 12.3 Å². The van der Waals surface area contributed by atoms with Gasteiger partial charge in [-0.3, -0.25) is 0 Å². The molecule has 4 heteroatoms. The summed E-state index contributed by atoms with van der Waals surface area (Å²) >= 11 is 0. The van der Waals surface area contributed by atoms with Crippen molar-refractivity contribution in [1.82, 2.24) is 9.97 Å². The van der Waals surface area contributed by atoms with Gasteiger partial charge in [-0.1, -0.05) is 0 Å². The highest BCUT2D eigenvalue weighted by Crippen LogP contribution is 2.11. The normalized spacial score (nSPS) is 11.7. The molecule has 0 amide bonds. The number of nitrogens with zero attached hydrogens (tertiary/aromatic N) is 2. The summed E-state index contributed by atoms with van der Waals surface area (Å²) in [6.45, 7) is 0. The fourth-order valence-electron chi connectivity index (χ4n) is 1.80. The molecular weight excluding hydrogens is 224 g/mol. The van der Waals surface area contributed by atoms with E-state index in [0.29, 0.717) is 0 Å². The van der Waals surface area contributed by atoms with Crippen molar-refractivity contribution in [3.05, 3.63) is 47.9 Å². The third kappa shape index (κ3) is 3.13. The molecule has 0 unspecified atom stereocenters. The van der Waals surface area contributed by atoms with Crippen molar-refractivity contribution >= 4 is 17.2 Å². The lowest BCUT2D eigenvalue weighted by Crippen LogP contribution is -1.99. The highest BCUT2D eigenvalue weighted by atomic mass is 14.8. The van der Waals surface area contributed by atoms with E-state index in [1.807, 2.05) is 24.3 Å². The third-order valence-corrected chi connectivity index (χ3v) is 2.72. The number of aromatic nitrogens is 2. The van der Waals surface area contributed by atoms with Gasteiger partial charge in [0.25, 0.3) is 0 Å². The number of hydrogen-bond donors (Lipinski definition) is 2. The van der Waals surface area contributed by atoms with Crippen molar-refractivity contribution in [1.29, 1.82) is 5.41 Å². The minimum absolute atomic E-state index is 0.740. The van der Waals surface area contributed by atoms with Gasteiger partial charge in [0.15, 0.2) is 5.65 Å². The molecule has 0 fully saturated rings. The van der Waals surface area contributed by atoms with Crippen molar-refractivity contribution in [2.45, 2.75) is 19.3 Å². The molecule has 0 atom stereocenters. The Bertz CT molecular complexity index is 575. The zero-order valence-electron chi connectivity index (χ0n) is 10.1. The van der Waals surface area contributed by atoms with E-state index in [-0.39, 0.29) is 0 Å². The van der Waals surface area contributed by atoms with Crippen molar-refractivity contribution in [2.24, 2.45) is 5.73 Å². The first-order chi connectivity index (χ1) is 8.79. The second kappa shape index (κ2) is 5.91. The Morgan fingerprint density at radius 1 is 1.33 bits per heavy atom. The Kier molecular flexibility index (Phi) is 4.02. The molecule has 4 nitrogen and oxygen atoms in total. The van der Waals surface area contributed by atoms with Crippen LogP contribution in [0, 0.1) is 5.41 Å². The van der Waals surface area contributed by atoms with E-state index < -0.39 is 0 Å². The van der Waals surface area contributed by atoms with E-state index in [4.69, 9.17) is 11.1 Å². The number of allylic oxidation sites excluding steroid dienone is 2. The maximum absolute atomic E-state index is 6.92. The van der Waals surface area contributed by atoms with Crippen LogP contribution in [0.15, 0.2) is 42.2 Å². The fourth-order valence-corrected chi connectivity index (χ4v) is 1.80. The van der Waals surface area contributed by atoms with Crippen LogP contribution in [0.1, 0.15) is 18.5 Å². The molecule has 0 aromatic carbocycles. The summed E-state index contributed by atoms with van der Waals surface area (Å²) in [7, 11) is 0. The lowest BCUT2D eigenvalue weighted by molar-refractivity contribution is 0.789. The molecule has 0 radical (unpaired) electrons. The first-order valence-electron chi connectivity index (χ1n) is 5.95. The summed E-state index contributed by atoms with van der Waals surface area (Å²) in [5.74, 6) is 0. The quantitative estimate of drug-likeness (QED) is 0.788. The summed E-state index contributed by atoms with van der Waals surface area (Å²) in [5.41, 5.74) is 8.28. The summed E-state index contributed by atoms with van der Waals surface area (Å²) in [5, 5.41) is 7.98. The standard InChI is InChI=1S/C14H16N4/c15-9-8-12(16)4-1-5-13-7-6-11-3-2-10-17-14(11)18-13/h2-3,6-10,15H,1,4-5,16H2. The van der Waals surface area contributed by atoms with Gasteiger partial charge in [-0.05, 0) is 49.6 Å². The predicted molar refractivity (Wildman–Crippen MR) is 73.5 cm³/mol. The van der Waals surface area contributed by atoms with Gasteiger partial charge in [-0.25, -0.2) is 9.97 Å². The summed E-state index contributed by atoms with van der Waals surface area (Å²) < 4.78 is 0. The maximum atomic E-state index is 6.92. The lowest BCUT2D eigenvalue weighted by atomic mass is 10.1. The van der Waals surface area contributed by atoms with Gasteiger partial charge in [-0.2, -0.15) is 0 Å². The Morgan fingerprint density at radius 3 is 3.06 bits per heavy atom. The highest BCUT2D eigenvalue weighted by Gasteiger charge is 1.99. The molecule has 0 saturated heterocycles. The minimum atomic E-state index is 0.740. The molecule has 0 aliphatic carbocycles. The summed E-state index contributed by atoms with van der Waals surface area (Å²) in [6.07, 6.45) is 7.19. The van der Waals surface area contributed by atoms with Gasteiger partial charge in [0.1, 0.15) is 0 Å². The number of pyridine rings is 2. The van der Waals surface area contributed by atoms with Crippen molar-refractivity contribution in [3.8, 4) is 0 Å². The first kappa shape index (κ1) is 12.2. The number of rotatable bonds is 5. The van der Waals surface area contributed by atoms with Gasteiger partial charge in [0.05, 0.1) is 0 Å². The number of aryl methyl sites for hydroxylation is 1. The van der Waals surface area contributed by atoms with Crippen LogP contribution in [0.5, 0.6) is 0 Å². The second-order valence-electron chi connectivity index (χ2n) is 4.11. The van der Waals surface area contributed by atoms with Gasteiger partial charge in [0, 0.05) is 29.2 Å². The van der Waals surface area contributed by atoms with Crippen LogP contribution in [0.2, 0.25) is 0 Å². The molecule has 0 saturated carbocycles. The molecular formula is C14H16N4. The molecule has 2 heterocycles. The Morgan fingerprint density at radius 2 is 2.22 bits per heavy atom. The van der Waals surface area contributed by atoms with Crippen molar-refractivity contribution in [2.75, 3.05) is 0 Å². The lowest BCUT2D eigenvalue weighted by Gasteiger charge is -2.03. The Hall–Kier alpha value is -2.23. The average Bonchev–Trinajstić information content (AvgIpc) is 2.39. The van der Waals surface area contributed by atoms with Gasteiger partial charge in [-0.15, -0.1) is 0 Å². The molecule has 0 bridgehead atoms. The molecule has 92 valence electrons. The third-order valence-electron chi connectivity index (χ3n) is 2.72. The number of nitrogens with two attached hydrogens (primary N) is 1. The van der Waals surface area contributed by atoms with Crippen LogP contribution in [-0.4, -0.2) is 16.2 Å². The van der Waals surface area contributed by atoms with Crippen LogP contribution < -0.4 is 5.73 Å². The van der Waals surface area contributed by atoms with Crippen molar-refractivity contribution < 1.29 is 0 Å². The predicted octanol–water partition coefficient (Wildman–Crippen LogP) is 2.44. The summed E-state index contributed by atoms with van der Waals surface area (Å²) in [6, 6.07) is 7.98. The van der Waals surface area contributed by atoms with E-state index in [0.717, 1.165) is 41.7 Å². The minimum Gasteiger partial charge on any atom is -0.402 e. The first-order valence-corrected chi connectivity index (χ1v) is 5.95. The molecule has 0 spiro atoms. The number of hydrogen-bond acceptors (Lipinski definition) is 4. The van der Waals surface area contributed by atoms with E-state index >= 15 is 0 Å². The smallest absolute Gasteiger partial charge is 0.159 e. The average molecular weight is 240 g/mol. The zero-order chi connectivity index (χ0) is 12.8. The van der Waals surface area contributed by atoms with Crippen LogP contribution in [0.25, 0.3) is 11.0 Å². The van der Waals surface area contributed by atoms with Gasteiger partial charge < -0.3 is 11.1 Å².